The molecule has 0 aliphatic rings. The molecule has 2 aromatic carbocycles. The van der Waals surface area contributed by atoms with Crippen LogP contribution < -0.4 is 5.32 Å². The van der Waals surface area contributed by atoms with Crippen molar-refractivity contribution in [3.05, 3.63) is 66.5 Å². The lowest BCUT2D eigenvalue weighted by molar-refractivity contribution is 0.577. The highest BCUT2D eigenvalue weighted by Crippen LogP contribution is 2.30. The summed E-state index contributed by atoms with van der Waals surface area (Å²) in [6.45, 7) is 2.21. The number of nitrogens with one attached hydrogen (secondary N) is 1. The van der Waals surface area contributed by atoms with E-state index in [1.807, 2.05) is 19.4 Å². The summed E-state index contributed by atoms with van der Waals surface area (Å²) in [4.78, 5) is 4.21. The van der Waals surface area contributed by atoms with Gasteiger partial charge in [0.2, 0.25) is 0 Å². The third kappa shape index (κ3) is 2.67. The molecule has 2 nitrogen and oxygen atoms in total. The minimum absolute atomic E-state index is 0.404. The van der Waals surface area contributed by atoms with Gasteiger partial charge in [0, 0.05) is 23.8 Å². The zero-order valence-corrected chi connectivity index (χ0v) is 12.5. The molecule has 0 aliphatic carbocycles. The SMILES string of the molecule is CCC(NC)c1cccc(-c2cccc3cnccc23)c1. The van der Waals surface area contributed by atoms with Crippen LogP contribution in [0.2, 0.25) is 0 Å². The number of benzene rings is 2. The summed E-state index contributed by atoms with van der Waals surface area (Å²) >= 11 is 0. The molecule has 0 spiro atoms. The van der Waals surface area contributed by atoms with Gasteiger partial charge in [-0.1, -0.05) is 43.3 Å². The zero-order valence-electron chi connectivity index (χ0n) is 12.5. The summed E-state index contributed by atoms with van der Waals surface area (Å²) < 4.78 is 0. The van der Waals surface area contributed by atoms with Crippen LogP contribution in [0.15, 0.2) is 60.9 Å². The molecule has 0 aliphatic heterocycles. The van der Waals surface area contributed by atoms with Gasteiger partial charge in [-0.3, -0.25) is 4.98 Å². The second kappa shape index (κ2) is 6.06. The highest BCUT2D eigenvalue weighted by molar-refractivity contribution is 5.96. The third-order valence-corrected chi connectivity index (χ3v) is 4.04. The molecule has 1 heterocycles. The number of nitrogens with zero attached hydrogens (tertiary/aromatic N) is 1. The van der Waals surface area contributed by atoms with Crippen molar-refractivity contribution in [3.8, 4) is 11.1 Å². The van der Waals surface area contributed by atoms with Gasteiger partial charge in [0.15, 0.2) is 0 Å². The maximum Gasteiger partial charge on any atom is 0.0346 e. The molecule has 1 aromatic heterocycles. The number of hydrogen-bond acceptors (Lipinski definition) is 2. The van der Waals surface area contributed by atoms with Crippen molar-refractivity contribution < 1.29 is 0 Å². The van der Waals surface area contributed by atoms with E-state index in [-0.39, 0.29) is 0 Å². The molecule has 0 fully saturated rings. The van der Waals surface area contributed by atoms with Crippen molar-refractivity contribution in [3.63, 3.8) is 0 Å². The van der Waals surface area contributed by atoms with Gasteiger partial charge < -0.3 is 5.32 Å². The molecule has 0 amide bonds. The van der Waals surface area contributed by atoms with Gasteiger partial charge in [0.25, 0.3) is 0 Å². The topological polar surface area (TPSA) is 24.9 Å². The van der Waals surface area contributed by atoms with Crippen molar-refractivity contribution in [2.75, 3.05) is 7.05 Å². The Morgan fingerprint density at radius 1 is 1.10 bits per heavy atom. The molecular formula is C19H20N2. The van der Waals surface area contributed by atoms with E-state index in [2.05, 4.69) is 65.8 Å². The van der Waals surface area contributed by atoms with Crippen LogP contribution in [-0.4, -0.2) is 12.0 Å². The van der Waals surface area contributed by atoms with Crippen molar-refractivity contribution in [1.29, 1.82) is 0 Å². The predicted molar refractivity (Wildman–Crippen MR) is 89.3 cm³/mol. The van der Waals surface area contributed by atoms with Gasteiger partial charge in [-0.05, 0) is 47.7 Å². The molecule has 0 radical (unpaired) electrons. The first-order chi connectivity index (χ1) is 10.3. The quantitative estimate of drug-likeness (QED) is 0.755. The van der Waals surface area contributed by atoms with Crippen LogP contribution in [0.5, 0.6) is 0 Å². The molecule has 106 valence electrons. The van der Waals surface area contributed by atoms with Crippen LogP contribution in [0.3, 0.4) is 0 Å². The second-order valence-corrected chi connectivity index (χ2v) is 5.28. The van der Waals surface area contributed by atoms with Gasteiger partial charge in [0.1, 0.15) is 0 Å². The maximum absolute atomic E-state index is 4.21. The minimum Gasteiger partial charge on any atom is -0.313 e. The van der Waals surface area contributed by atoms with Crippen LogP contribution >= 0.6 is 0 Å². The minimum atomic E-state index is 0.404. The molecule has 0 saturated carbocycles. The Morgan fingerprint density at radius 2 is 1.95 bits per heavy atom. The highest BCUT2D eigenvalue weighted by Gasteiger charge is 2.09. The zero-order chi connectivity index (χ0) is 14.7. The van der Waals surface area contributed by atoms with E-state index < -0.39 is 0 Å². The Kier molecular flexibility index (Phi) is 3.98. The van der Waals surface area contributed by atoms with Crippen molar-refractivity contribution >= 4 is 10.8 Å². The molecule has 1 atom stereocenters. The van der Waals surface area contributed by atoms with E-state index in [0.717, 1.165) is 6.42 Å². The molecule has 1 unspecified atom stereocenters. The normalized spacial score (nSPS) is 12.5. The summed E-state index contributed by atoms with van der Waals surface area (Å²) in [5.74, 6) is 0. The number of pyridine rings is 1. The van der Waals surface area contributed by atoms with Crippen molar-refractivity contribution in [1.82, 2.24) is 10.3 Å². The van der Waals surface area contributed by atoms with Gasteiger partial charge in [-0.25, -0.2) is 0 Å². The molecule has 0 saturated heterocycles. The van der Waals surface area contributed by atoms with Gasteiger partial charge in [0.05, 0.1) is 0 Å². The lowest BCUT2D eigenvalue weighted by Crippen LogP contribution is -2.15. The fourth-order valence-corrected chi connectivity index (χ4v) is 2.90. The van der Waals surface area contributed by atoms with E-state index in [1.54, 1.807) is 0 Å². The summed E-state index contributed by atoms with van der Waals surface area (Å²) in [5, 5.41) is 5.81. The fourth-order valence-electron chi connectivity index (χ4n) is 2.90. The number of fused-ring (bicyclic) bond motifs is 1. The van der Waals surface area contributed by atoms with Gasteiger partial charge in [-0.15, -0.1) is 0 Å². The Bertz CT molecular complexity index is 740. The maximum atomic E-state index is 4.21. The number of aromatic nitrogens is 1. The van der Waals surface area contributed by atoms with Gasteiger partial charge >= 0.3 is 0 Å². The van der Waals surface area contributed by atoms with Crippen LogP contribution in [0, 0.1) is 0 Å². The summed E-state index contributed by atoms with van der Waals surface area (Å²) in [6, 6.07) is 17.7. The lowest BCUT2D eigenvalue weighted by atomic mass is 9.95. The third-order valence-electron chi connectivity index (χ3n) is 4.04. The Hall–Kier alpha value is -2.19. The highest BCUT2D eigenvalue weighted by atomic mass is 14.9. The average Bonchev–Trinajstić information content (AvgIpc) is 2.56. The van der Waals surface area contributed by atoms with E-state index in [0.29, 0.717) is 6.04 Å². The Labute approximate surface area is 125 Å². The first-order valence-corrected chi connectivity index (χ1v) is 7.44. The smallest absolute Gasteiger partial charge is 0.0346 e. The van der Waals surface area contributed by atoms with Crippen molar-refractivity contribution in [2.45, 2.75) is 19.4 Å². The molecule has 21 heavy (non-hydrogen) atoms. The molecule has 2 heteroatoms. The molecule has 3 rings (SSSR count). The predicted octanol–water partition coefficient (Wildman–Crippen LogP) is 4.57. The number of rotatable bonds is 4. The summed E-state index contributed by atoms with van der Waals surface area (Å²) in [6.07, 6.45) is 4.86. The second-order valence-electron chi connectivity index (χ2n) is 5.28. The van der Waals surface area contributed by atoms with E-state index in [4.69, 9.17) is 0 Å². The first kappa shape index (κ1) is 13.8. The van der Waals surface area contributed by atoms with Crippen LogP contribution in [-0.2, 0) is 0 Å². The average molecular weight is 276 g/mol. The fraction of sp³-hybridized carbons (Fsp3) is 0.211. The number of hydrogen-bond donors (Lipinski definition) is 1. The Balaban J connectivity index is 2.13. The van der Waals surface area contributed by atoms with Crippen molar-refractivity contribution in [2.24, 2.45) is 0 Å². The van der Waals surface area contributed by atoms with E-state index in [9.17, 15) is 0 Å². The monoisotopic (exact) mass is 276 g/mol. The van der Waals surface area contributed by atoms with E-state index in [1.165, 1.54) is 27.5 Å². The summed E-state index contributed by atoms with van der Waals surface area (Å²) in [5.41, 5.74) is 3.87. The first-order valence-electron chi connectivity index (χ1n) is 7.44. The largest absolute Gasteiger partial charge is 0.313 e. The van der Waals surface area contributed by atoms with Crippen LogP contribution in [0.1, 0.15) is 24.9 Å². The van der Waals surface area contributed by atoms with E-state index >= 15 is 0 Å². The lowest BCUT2D eigenvalue weighted by Gasteiger charge is -2.16. The molecule has 1 N–H and O–H groups in total. The Morgan fingerprint density at radius 3 is 2.76 bits per heavy atom. The molecular weight excluding hydrogens is 256 g/mol. The van der Waals surface area contributed by atoms with Crippen LogP contribution in [0.4, 0.5) is 0 Å². The molecule has 0 bridgehead atoms. The van der Waals surface area contributed by atoms with Crippen LogP contribution in [0.25, 0.3) is 21.9 Å². The molecule has 3 aromatic rings. The summed E-state index contributed by atoms with van der Waals surface area (Å²) in [7, 11) is 2.02. The van der Waals surface area contributed by atoms with Gasteiger partial charge in [-0.2, -0.15) is 0 Å². The standard InChI is InChI=1S/C19H20N2/c1-3-19(20-2)15-7-4-6-14(12-15)17-9-5-8-16-13-21-11-10-18(16)17/h4-13,19-20H,3H2,1-2H3.